The van der Waals surface area contributed by atoms with Crippen LogP contribution in [0.3, 0.4) is 0 Å². The van der Waals surface area contributed by atoms with E-state index in [1.54, 1.807) is 29.7 Å². The fraction of sp³-hybridized carbons (Fsp3) is 0.815. The van der Waals surface area contributed by atoms with Gasteiger partial charge in [-0.2, -0.15) is 0 Å². The third-order valence-electron chi connectivity index (χ3n) is 9.00. The molecule has 0 aromatic heterocycles. The standard InChI is InChI=1S/C27H42N2O5S/c1-5-15-28(18-11-9-8-10-12-18)25(32)23-27-14-13-20(35-27)21(26(33)34-7-3)22(27)24(31)29(23)19(16-30)17(4)6-2/h5,17-23,30H,1,6-16H2,2-4H3/t17-,19-,20+,21-,22-,23?,27?/m0/s1. The van der Waals surface area contributed by atoms with Gasteiger partial charge in [0.15, 0.2) is 0 Å². The number of hydrogen-bond acceptors (Lipinski definition) is 6. The number of esters is 1. The fourth-order valence-corrected chi connectivity index (χ4v) is 9.34. The molecule has 7 atom stereocenters. The van der Waals surface area contributed by atoms with Crippen molar-refractivity contribution in [3.05, 3.63) is 12.7 Å². The molecule has 2 bridgehead atoms. The van der Waals surface area contributed by atoms with E-state index in [2.05, 4.69) is 6.58 Å². The van der Waals surface area contributed by atoms with Crippen LogP contribution in [0.25, 0.3) is 0 Å². The number of ether oxygens (including phenoxy) is 1. The molecule has 3 aliphatic heterocycles. The van der Waals surface area contributed by atoms with E-state index in [0.29, 0.717) is 6.54 Å². The first-order valence-electron chi connectivity index (χ1n) is 13.5. The molecule has 8 heteroatoms. The van der Waals surface area contributed by atoms with E-state index in [9.17, 15) is 19.5 Å². The maximum Gasteiger partial charge on any atom is 0.310 e. The Morgan fingerprint density at radius 3 is 2.60 bits per heavy atom. The van der Waals surface area contributed by atoms with E-state index in [4.69, 9.17) is 4.74 Å². The van der Waals surface area contributed by atoms with Crippen LogP contribution in [0, 0.1) is 17.8 Å². The first kappa shape index (κ1) is 26.5. The lowest BCUT2D eigenvalue weighted by Crippen LogP contribution is -2.60. The van der Waals surface area contributed by atoms with Crippen molar-refractivity contribution in [1.82, 2.24) is 9.80 Å². The Balaban J connectivity index is 1.78. The number of likely N-dealkylation sites (tertiary alicyclic amines) is 1. The minimum atomic E-state index is -0.678. The van der Waals surface area contributed by atoms with Gasteiger partial charge in [-0.05, 0) is 38.5 Å². The molecule has 3 heterocycles. The highest BCUT2D eigenvalue weighted by Crippen LogP contribution is 2.67. The lowest BCUT2D eigenvalue weighted by Gasteiger charge is -2.43. The van der Waals surface area contributed by atoms with Crippen molar-refractivity contribution in [3.63, 3.8) is 0 Å². The topological polar surface area (TPSA) is 87.2 Å². The maximum atomic E-state index is 14.5. The number of nitrogens with zero attached hydrogens (tertiary/aromatic N) is 2. The summed E-state index contributed by atoms with van der Waals surface area (Å²) in [7, 11) is 0. The van der Waals surface area contributed by atoms with Crippen molar-refractivity contribution in [3.8, 4) is 0 Å². The van der Waals surface area contributed by atoms with Gasteiger partial charge >= 0.3 is 5.97 Å². The SMILES string of the molecule is C=CCN(C(=O)C1N([C@@H](CO)[C@@H](C)CC)C(=O)[C@@H]2[C@@H](C(=O)OCC)[C@H]3CCC12S3)C1CCCCC1. The van der Waals surface area contributed by atoms with Gasteiger partial charge in [0.1, 0.15) is 6.04 Å². The molecule has 1 spiro atoms. The fourth-order valence-electron chi connectivity index (χ4n) is 7.16. The molecule has 7 nitrogen and oxygen atoms in total. The third kappa shape index (κ3) is 4.32. The van der Waals surface area contributed by atoms with Crippen LogP contribution in [-0.4, -0.2) is 80.6 Å². The van der Waals surface area contributed by atoms with Crippen molar-refractivity contribution >= 4 is 29.5 Å². The molecular weight excluding hydrogens is 464 g/mol. The summed E-state index contributed by atoms with van der Waals surface area (Å²) in [4.78, 5) is 45.4. The van der Waals surface area contributed by atoms with Crippen molar-refractivity contribution < 1.29 is 24.2 Å². The number of aliphatic hydroxyl groups excluding tert-OH is 1. The molecule has 196 valence electrons. The molecule has 3 saturated heterocycles. The highest BCUT2D eigenvalue weighted by Gasteiger charge is 2.75. The molecule has 0 radical (unpaired) electrons. The summed E-state index contributed by atoms with van der Waals surface area (Å²) in [5.74, 6) is -1.59. The number of thioether (sulfide) groups is 1. The van der Waals surface area contributed by atoms with Gasteiger partial charge in [0, 0.05) is 17.8 Å². The first-order chi connectivity index (χ1) is 16.9. The predicted octanol–water partition coefficient (Wildman–Crippen LogP) is 3.40. The average molecular weight is 507 g/mol. The zero-order chi connectivity index (χ0) is 25.3. The number of aliphatic hydroxyl groups is 1. The van der Waals surface area contributed by atoms with Crippen LogP contribution in [-0.2, 0) is 19.1 Å². The van der Waals surface area contributed by atoms with Crippen molar-refractivity contribution in [2.45, 2.75) is 100 Å². The number of fused-ring (bicyclic) bond motifs is 1. The van der Waals surface area contributed by atoms with Gasteiger partial charge in [0.2, 0.25) is 11.8 Å². The summed E-state index contributed by atoms with van der Waals surface area (Å²) in [5, 5.41) is 10.5. The highest BCUT2D eigenvalue weighted by molar-refractivity contribution is 8.02. The molecule has 4 fully saturated rings. The van der Waals surface area contributed by atoms with Gasteiger partial charge in [-0.25, -0.2) is 0 Å². The highest BCUT2D eigenvalue weighted by atomic mass is 32.2. The van der Waals surface area contributed by atoms with E-state index in [0.717, 1.165) is 44.9 Å². The molecule has 2 amide bonds. The number of amides is 2. The van der Waals surface area contributed by atoms with Gasteiger partial charge in [0.25, 0.3) is 0 Å². The Morgan fingerprint density at radius 2 is 2.00 bits per heavy atom. The van der Waals surface area contributed by atoms with Gasteiger partial charge < -0.3 is 19.6 Å². The molecular formula is C27H42N2O5S. The molecule has 1 aliphatic carbocycles. The van der Waals surface area contributed by atoms with E-state index in [1.165, 1.54) is 6.42 Å². The largest absolute Gasteiger partial charge is 0.466 e. The minimum Gasteiger partial charge on any atom is -0.466 e. The lowest BCUT2D eigenvalue weighted by molar-refractivity contribution is -0.154. The Morgan fingerprint density at radius 1 is 1.29 bits per heavy atom. The van der Waals surface area contributed by atoms with Crippen LogP contribution in [0.1, 0.15) is 72.1 Å². The molecule has 1 saturated carbocycles. The maximum absolute atomic E-state index is 14.5. The minimum absolute atomic E-state index is 0.000778. The molecule has 4 rings (SSSR count). The summed E-state index contributed by atoms with van der Waals surface area (Å²) < 4.78 is 4.77. The molecule has 2 unspecified atom stereocenters. The third-order valence-corrected chi connectivity index (χ3v) is 11.0. The normalized spacial score (nSPS) is 33.9. The molecule has 0 aromatic carbocycles. The predicted molar refractivity (Wildman–Crippen MR) is 137 cm³/mol. The van der Waals surface area contributed by atoms with Crippen LogP contribution in [0.2, 0.25) is 0 Å². The van der Waals surface area contributed by atoms with Crippen LogP contribution in [0.15, 0.2) is 12.7 Å². The van der Waals surface area contributed by atoms with E-state index >= 15 is 0 Å². The van der Waals surface area contributed by atoms with Crippen LogP contribution >= 0.6 is 11.8 Å². The number of hydrogen-bond donors (Lipinski definition) is 1. The van der Waals surface area contributed by atoms with E-state index in [1.807, 2.05) is 18.7 Å². The Hall–Kier alpha value is -1.54. The zero-order valence-electron chi connectivity index (χ0n) is 21.5. The van der Waals surface area contributed by atoms with Crippen molar-refractivity contribution in [2.75, 3.05) is 19.8 Å². The number of carbonyl (C=O) groups is 3. The van der Waals surface area contributed by atoms with E-state index < -0.39 is 28.7 Å². The Kier molecular flexibility index (Phi) is 8.21. The lowest BCUT2D eigenvalue weighted by atomic mass is 9.71. The van der Waals surface area contributed by atoms with Crippen LogP contribution < -0.4 is 0 Å². The second-order valence-corrected chi connectivity index (χ2v) is 12.4. The van der Waals surface area contributed by atoms with Gasteiger partial charge in [0.05, 0.1) is 35.8 Å². The van der Waals surface area contributed by atoms with Gasteiger partial charge in [-0.3, -0.25) is 14.4 Å². The smallest absolute Gasteiger partial charge is 0.310 e. The summed E-state index contributed by atoms with van der Waals surface area (Å²) in [6, 6.07) is -0.995. The number of carbonyl (C=O) groups excluding carboxylic acids is 3. The summed E-state index contributed by atoms with van der Waals surface area (Å²) >= 11 is 1.67. The Bertz CT molecular complexity index is 830. The second kappa shape index (κ2) is 10.8. The Labute approximate surface area is 214 Å². The monoisotopic (exact) mass is 506 g/mol. The summed E-state index contributed by atoms with van der Waals surface area (Å²) in [6.07, 6.45) is 9.40. The van der Waals surface area contributed by atoms with Crippen LogP contribution in [0.5, 0.6) is 0 Å². The molecule has 1 N–H and O–H groups in total. The van der Waals surface area contributed by atoms with Gasteiger partial charge in [-0.15, -0.1) is 18.3 Å². The second-order valence-electron chi connectivity index (χ2n) is 10.8. The molecule has 0 aromatic rings. The quantitative estimate of drug-likeness (QED) is 0.361. The van der Waals surface area contributed by atoms with Gasteiger partial charge in [-0.1, -0.05) is 45.6 Å². The summed E-state index contributed by atoms with van der Waals surface area (Å²) in [6.45, 7) is 10.3. The zero-order valence-corrected chi connectivity index (χ0v) is 22.3. The van der Waals surface area contributed by atoms with Crippen LogP contribution in [0.4, 0.5) is 0 Å². The number of rotatable bonds is 10. The molecule has 35 heavy (non-hydrogen) atoms. The summed E-state index contributed by atoms with van der Waals surface area (Å²) in [5.41, 5.74) is 0. The van der Waals surface area contributed by atoms with Crippen molar-refractivity contribution in [2.24, 2.45) is 17.8 Å². The first-order valence-corrected chi connectivity index (χ1v) is 14.4. The molecule has 4 aliphatic rings. The average Bonchev–Trinajstić information content (AvgIpc) is 3.51. The van der Waals surface area contributed by atoms with E-state index in [-0.39, 0.29) is 48.2 Å². The van der Waals surface area contributed by atoms with Crippen molar-refractivity contribution in [1.29, 1.82) is 0 Å².